The Morgan fingerprint density at radius 2 is 1.94 bits per heavy atom. The van der Waals surface area contributed by atoms with Crippen molar-refractivity contribution >= 4 is 29.4 Å². The average molecular weight is 283 g/mol. The number of rotatable bonds is 4. The quantitative estimate of drug-likeness (QED) is 0.679. The first-order valence-corrected chi connectivity index (χ1v) is 6.17. The van der Waals surface area contributed by atoms with Crippen LogP contribution in [-0.4, -0.2) is 6.21 Å². The van der Waals surface area contributed by atoms with Gasteiger partial charge >= 0.3 is 0 Å². The number of hydrazone groups is 1. The molecule has 0 aliphatic rings. The molecule has 0 atom stereocenters. The van der Waals surface area contributed by atoms with Crippen molar-refractivity contribution in [2.45, 2.75) is 13.5 Å². The Hall–Kier alpha value is -1.45. The second kappa shape index (κ2) is 5.94. The van der Waals surface area contributed by atoms with Crippen LogP contribution in [0.2, 0.25) is 10.0 Å². The molecule has 0 bridgehead atoms. The van der Waals surface area contributed by atoms with E-state index < -0.39 is 0 Å². The third-order valence-electron chi connectivity index (χ3n) is 2.36. The van der Waals surface area contributed by atoms with Crippen LogP contribution in [0.25, 0.3) is 0 Å². The zero-order valence-electron chi connectivity index (χ0n) is 9.78. The highest BCUT2D eigenvalue weighted by Gasteiger charge is 2.03. The highest BCUT2D eigenvalue weighted by molar-refractivity contribution is 6.35. The fourth-order valence-corrected chi connectivity index (χ4v) is 1.99. The summed E-state index contributed by atoms with van der Waals surface area (Å²) >= 11 is 12.1. The molecule has 18 heavy (non-hydrogen) atoms. The van der Waals surface area contributed by atoms with Gasteiger partial charge in [-0.05, 0) is 31.2 Å². The number of benzene rings is 1. The molecule has 0 fully saturated rings. The predicted octanol–water partition coefficient (Wildman–Crippen LogP) is 4.02. The maximum absolute atomic E-state index is 6.03. The number of furan rings is 1. The highest BCUT2D eigenvalue weighted by Crippen LogP contribution is 2.23. The van der Waals surface area contributed by atoms with E-state index in [1.54, 1.807) is 18.3 Å². The minimum Gasteiger partial charge on any atom is -0.460 e. The van der Waals surface area contributed by atoms with Crippen molar-refractivity contribution in [1.82, 2.24) is 5.43 Å². The molecule has 2 aromatic rings. The number of nitrogens with one attached hydrogen (secondary N) is 1. The molecule has 3 nitrogen and oxygen atoms in total. The van der Waals surface area contributed by atoms with E-state index in [-0.39, 0.29) is 0 Å². The van der Waals surface area contributed by atoms with Crippen molar-refractivity contribution in [2.75, 3.05) is 0 Å². The van der Waals surface area contributed by atoms with Crippen molar-refractivity contribution in [3.05, 3.63) is 57.5 Å². The molecule has 1 aromatic heterocycles. The molecule has 0 aliphatic carbocycles. The van der Waals surface area contributed by atoms with E-state index in [0.717, 1.165) is 11.3 Å². The number of aryl methyl sites for hydroxylation is 1. The summed E-state index contributed by atoms with van der Waals surface area (Å²) in [7, 11) is 0. The van der Waals surface area contributed by atoms with E-state index >= 15 is 0 Å². The topological polar surface area (TPSA) is 37.5 Å². The van der Waals surface area contributed by atoms with Crippen LogP contribution in [0.3, 0.4) is 0 Å². The molecule has 0 radical (unpaired) electrons. The first kappa shape index (κ1) is 13.0. The molecule has 0 amide bonds. The van der Waals surface area contributed by atoms with Gasteiger partial charge in [0, 0.05) is 15.6 Å². The minimum absolute atomic E-state index is 0.467. The molecule has 0 unspecified atom stereocenters. The fourth-order valence-electron chi connectivity index (χ4n) is 1.46. The Kier molecular flexibility index (Phi) is 4.28. The lowest BCUT2D eigenvalue weighted by atomic mass is 10.2. The van der Waals surface area contributed by atoms with E-state index in [1.807, 2.05) is 25.1 Å². The number of nitrogens with zero attached hydrogens (tertiary/aromatic N) is 1. The van der Waals surface area contributed by atoms with Gasteiger partial charge in [-0.2, -0.15) is 5.10 Å². The maximum Gasteiger partial charge on any atom is 0.147 e. The van der Waals surface area contributed by atoms with Gasteiger partial charge in [0.15, 0.2) is 0 Å². The third-order valence-corrected chi connectivity index (χ3v) is 3.07. The SMILES string of the molecule is Cc1ccc(/C=N/NCc2c(Cl)cccc2Cl)o1. The number of halogens is 2. The molecule has 1 aromatic carbocycles. The monoisotopic (exact) mass is 282 g/mol. The molecule has 0 spiro atoms. The standard InChI is InChI=1S/C13H12Cl2N2O/c1-9-5-6-10(18-9)7-16-17-8-11-12(14)3-2-4-13(11)15/h2-7,17H,8H2,1H3/b16-7+. The molecule has 1 heterocycles. The van der Waals surface area contributed by atoms with Crippen LogP contribution in [0.15, 0.2) is 39.9 Å². The molecule has 0 aliphatic heterocycles. The number of hydrogen-bond donors (Lipinski definition) is 1. The van der Waals surface area contributed by atoms with Crippen LogP contribution in [0, 0.1) is 6.92 Å². The summed E-state index contributed by atoms with van der Waals surface area (Å²) in [6.07, 6.45) is 1.61. The molecule has 94 valence electrons. The van der Waals surface area contributed by atoms with Crippen LogP contribution < -0.4 is 5.43 Å². The van der Waals surface area contributed by atoms with Gasteiger partial charge in [-0.15, -0.1) is 0 Å². The Balaban J connectivity index is 1.94. The van der Waals surface area contributed by atoms with Gasteiger partial charge in [0.05, 0.1) is 12.8 Å². The van der Waals surface area contributed by atoms with Crippen LogP contribution in [0.4, 0.5) is 0 Å². The van der Waals surface area contributed by atoms with Gasteiger partial charge < -0.3 is 9.84 Å². The Labute approximate surface area is 115 Å². The van der Waals surface area contributed by atoms with Gasteiger partial charge in [-0.1, -0.05) is 29.3 Å². The van der Waals surface area contributed by atoms with E-state index in [9.17, 15) is 0 Å². The van der Waals surface area contributed by atoms with Gasteiger partial charge in [0.1, 0.15) is 11.5 Å². The summed E-state index contributed by atoms with van der Waals surface area (Å²) < 4.78 is 5.34. The van der Waals surface area contributed by atoms with Crippen LogP contribution >= 0.6 is 23.2 Å². The lowest BCUT2D eigenvalue weighted by Gasteiger charge is -2.05. The zero-order chi connectivity index (χ0) is 13.0. The van der Waals surface area contributed by atoms with Gasteiger partial charge in [-0.3, -0.25) is 0 Å². The normalized spacial score (nSPS) is 11.1. The van der Waals surface area contributed by atoms with Crippen LogP contribution in [0.1, 0.15) is 17.1 Å². The Morgan fingerprint density at radius 1 is 1.22 bits per heavy atom. The molecular weight excluding hydrogens is 271 g/mol. The predicted molar refractivity (Wildman–Crippen MR) is 74.3 cm³/mol. The van der Waals surface area contributed by atoms with Crippen LogP contribution in [-0.2, 0) is 6.54 Å². The maximum atomic E-state index is 6.03. The summed E-state index contributed by atoms with van der Waals surface area (Å²) in [6.45, 7) is 2.35. The van der Waals surface area contributed by atoms with Crippen molar-refractivity contribution in [1.29, 1.82) is 0 Å². The molecular formula is C13H12Cl2N2O. The Morgan fingerprint density at radius 3 is 2.56 bits per heavy atom. The van der Waals surface area contributed by atoms with Gasteiger partial charge in [-0.25, -0.2) is 0 Å². The molecule has 5 heteroatoms. The van der Waals surface area contributed by atoms with Gasteiger partial charge in [0.2, 0.25) is 0 Å². The molecule has 0 saturated heterocycles. The van der Waals surface area contributed by atoms with Crippen LogP contribution in [0.5, 0.6) is 0 Å². The summed E-state index contributed by atoms with van der Waals surface area (Å²) in [6, 6.07) is 9.13. The molecule has 2 rings (SSSR count). The first-order chi connectivity index (χ1) is 8.66. The lowest BCUT2D eigenvalue weighted by Crippen LogP contribution is -2.06. The second-order valence-corrected chi connectivity index (χ2v) is 4.56. The first-order valence-electron chi connectivity index (χ1n) is 5.42. The molecule has 0 saturated carbocycles. The summed E-state index contributed by atoms with van der Waals surface area (Å²) in [5.74, 6) is 1.55. The van der Waals surface area contributed by atoms with E-state index in [2.05, 4.69) is 10.5 Å². The minimum atomic E-state index is 0.467. The van der Waals surface area contributed by atoms with Crippen molar-refractivity contribution in [2.24, 2.45) is 5.10 Å². The lowest BCUT2D eigenvalue weighted by molar-refractivity contribution is 0.527. The second-order valence-electron chi connectivity index (χ2n) is 3.74. The highest BCUT2D eigenvalue weighted by atomic mass is 35.5. The Bertz CT molecular complexity index is 544. The third kappa shape index (κ3) is 3.28. The van der Waals surface area contributed by atoms with Crippen molar-refractivity contribution in [3.8, 4) is 0 Å². The van der Waals surface area contributed by atoms with Crippen molar-refractivity contribution in [3.63, 3.8) is 0 Å². The smallest absolute Gasteiger partial charge is 0.147 e. The van der Waals surface area contributed by atoms with Crippen molar-refractivity contribution < 1.29 is 4.42 Å². The average Bonchev–Trinajstić information content (AvgIpc) is 2.73. The van der Waals surface area contributed by atoms with E-state index in [0.29, 0.717) is 22.4 Å². The largest absolute Gasteiger partial charge is 0.460 e. The summed E-state index contributed by atoms with van der Waals surface area (Å²) in [5.41, 5.74) is 3.71. The molecule has 1 N–H and O–H groups in total. The summed E-state index contributed by atoms with van der Waals surface area (Å²) in [5, 5.41) is 5.29. The zero-order valence-corrected chi connectivity index (χ0v) is 11.3. The summed E-state index contributed by atoms with van der Waals surface area (Å²) in [4.78, 5) is 0. The van der Waals surface area contributed by atoms with Gasteiger partial charge in [0.25, 0.3) is 0 Å². The van der Waals surface area contributed by atoms with E-state index in [1.165, 1.54) is 0 Å². The fraction of sp³-hybridized carbons (Fsp3) is 0.154. The van der Waals surface area contributed by atoms with E-state index in [4.69, 9.17) is 27.6 Å². The number of hydrogen-bond acceptors (Lipinski definition) is 3.